The van der Waals surface area contributed by atoms with E-state index >= 15 is 0 Å². The van der Waals surface area contributed by atoms with Gasteiger partial charge in [-0.3, -0.25) is 4.79 Å². The second-order valence-corrected chi connectivity index (χ2v) is 5.97. The normalized spacial score (nSPS) is 10.3. The summed E-state index contributed by atoms with van der Waals surface area (Å²) in [6.45, 7) is 4.82. The highest BCUT2D eigenvalue weighted by Gasteiger charge is 2.05. The first-order chi connectivity index (χ1) is 12.0. The number of hydrogen-bond acceptors (Lipinski definition) is 3. The summed E-state index contributed by atoms with van der Waals surface area (Å²) in [7, 11) is 0. The Morgan fingerprint density at radius 3 is 2.48 bits per heavy atom. The third-order valence-corrected chi connectivity index (χ3v) is 3.87. The highest BCUT2D eigenvalue weighted by atomic mass is 16.5. The lowest BCUT2D eigenvalue weighted by Crippen LogP contribution is -2.27. The Labute approximate surface area is 147 Å². The molecule has 0 bridgehead atoms. The molecule has 0 aliphatic carbocycles. The van der Waals surface area contributed by atoms with Gasteiger partial charge in [-0.2, -0.15) is 0 Å². The number of ether oxygens (including phenoxy) is 1. The number of aromatic carboxylic acids is 1. The largest absolute Gasteiger partial charge is 0.493 e. The summed E-state index contributed by atoms with van der Waals surface area (Å²) in [5.74, 6) is -0.192. The second-order valence-electron chi connectivity index (χ2n) is 5.97. The van der Waals surface area contributed by atoms with E-state index < -0.39 is 5.97 Å². The number of amides is 1. The zero-order valence-corrected chi connectivity index (χ0v) is 14.5. The van der Waals surface area contributed by atoms with Gasteiger partial charge in [-0.05, 0) is 55.2 Å². The lowest BCUT2D eigenvalue weighted by atomic mass is 10.1. The lowest BCUT2D eigenvalue weighted by Gasteiger charge is -2.10. The van der Waals surface area contributed by atoms with Crippen molar-refractivity contribution in [3.63, 3.8) is 0 Å². The number of benzene rings is 2. The van der Waals surface area contributed by atoms with Crippen molar-refractivity contribution in [1.29, 1.82) is 0 Å². The summed E-state index contributed by atoms with van der Waals surface area (Å²) in [5.41, 5.74) is 3.42. The van der Waals surface area contributed by atoms with Crippen LogP contribution in [0.1, 0.15) is 33.5 Å². The fourth-order valence-corrected chi connectivity index (χ4v) is 2.37. The molecular formula is C20H23NO4. The Morgan fingerprint density at radius 2 is 1.80 bits per heavy atom. The maximum Gasteiger partial charge on any atom is 0.335 e. The van der Waals surface area contributed by atoms with Crippen LogP contribution in [0.5, 0.6) is 5.75 Å². The van der Waals surface area contributed by atoms with E-state index in [1.54, 1.807) is 24.3 Å². The van der Waals surface area contributed by atoms with Gasteiger partial charge in [0, 0.05) is 6.54 Å². The Kier molecular flexibility index (Phi) is 6.57. The molecule has 1 amide bonds. The van der Waals surface area contributed by atoms with E-state index in [9.17, 15) is 9.59 Å². The smallest absolute Gasteiger partial charge is 0.335 e. The van der Waals surface area contributed by atoms with Crippen molar-refractivity contribution in [3.05, 3.63) is 64.7 Å². The van der Waals surface area contributed by atoms with Gasteiger partial charge in [0.2, 0.25) is 5.91 Å². The SMILES string of the molecule is Cc1ccc(C)c(OCCC(=O)NCCc2ccc(C(=O)O)cc2)c1. The number of hydrogen-bond donors (Lipinski definition) is 2. The zero-order chi connectivity index (χ0) is 18.2. The Bertz CT molecular complexity index is 738. The average molecular weight is 341 g/mol. The van der Waals surface area contributed by atoms with Crippen molar-refractivity contribution in [2.24, 2.45) is 0 Å². The van der Waals surface area contributed by atoms with E-state index in [2.05, 4.69) is 5.32 Å². The molecule has 2 aromatic rings. The number of carbonyl (C=O) groups excluding carboxylic acids is 1. The summed E-state index contributed by atoms with van der Waals surface area (Å²) in [6, 6.07) is 12.7. The van der Waals surface area contributed by atoms with Crippen molar-refractivity contribution in [2.45, 2.75) is 26.7 Å². The molecule has 0 aromatic heterocycles. The molecule has 132 valence electrons. The predicted octanol–water partition coefficient (Wildman–Crippen LogP) is 3.13. The standard InChI is InChI=1S/C20H23NO4/c1-14-3-4-15(2)18(13-14)25-12-10-19(22)21-11-9-16-5-7-17(8-6-16)20(23)24/h3-8,13H,9-12H2,1-2H3,(H,21,22)(H,23,24). The molecule has 0 fully saturated rings. The maximum atomic E-state index is 11.8. The van der Waals surface area contributed by atoms with Gasteiger partial charge >= 0.3 is 5.97 Å². The van der Waals surface area contributed by atoms with Crippen LogP contribution in [0.4, 0.5) is 0 Å². The third-order valence-electron chi connectivity index (χ3n) is 3.87. The number of carbonyl (C=O) groups is 2. The van der Waals surface area contributed by atoms with Crippen molar-refractivity contribution in [1.82, 2.24) is 5.32 Å². The Morgan fingerprint density at radius 1 is 1.08 bits per heavy atom. The molecule has 5 heteroatoms. The van der Waals surface area contributed by atoms with Crippen LogP contribution in [-0.2, 0) is 11.2 Å². The molecule has 5 nitrogen and oxygen atoms in total. The number of aryl methyl sites for hydroxylation is 2. The van der Waals surface area contributed by atoms with Crippen LogP contribution < -0.4 is 10.1 Å². The molecule has 0 aliphatic rings. The van der Waals surface area contributed by atoms with Gasteiger partial charge in [0.15, 0.2) is 0 Å². The highest BCUT2D eigenvalue weighted by molar-refractivity contribution is 5.87. The van der Waals surface area contributed by atoms with E-state index in [0.717, 1.165) is 22.4 Å². The molecule has 2 rings (SSSR count). The van der Waals surface area contributed by atoms with E-state index in [1.165, 1.54) is 0 Å². The first kappa shape index (κ1) is 18.5. The maximum absolute atomic E-state index is 11.8. The predicted molar refractivity (Wildman–Crippen MR) is 96.1 cm³/mol. The lowest BCUT2D eigenvalue weighted by molar-refractivity contribution is -0.121. The van der Waals surface area contributed by atoms with Crippen LogP contribution in [0.25, 0.3) is 0 Å². The summed E-state index contributed by atoms with van der Waals surface area (Å²) < 4.78 is 5.67. The molecule has 0 spiro atoms. The quantitative estimate of drug-likeness (QED) is 0.773. The van der Waals surface area contributed by atoms with Crippen molar-refractivity contribution in [2.75, 3.05) is 13.2 Å². The van der Waals surface area contributed by atoms with Gasteiger partial charge < -0.3 is 15.2 Å². The summed E-state index contributed by atoms with van der Waals surface area (Å²) >= 11 is 0. The summed E-state index contributed by atoms with van der Waals surface area (Å²) in [4.78, 5) is 22.6. The Balaban J connectivity index is 1.68. The number of nitrogens with one attached hydrogen (secondary N) is 1. The minimum absolute atomic E-state index is 0.0625. The van der Waals surface area contributed by atoms with Crippen molar-refractivity contribution in [3.8, 4) is 5.75 Å². The number of carboxylic acid groups (broad SMARTS) is 1. The van der Waals surface area contributed by atoms with E-state index in [4.69, 9.17) is 9.84 Å². The highest BCUT2D eigenvalue weighted by Crippen LogP contribution is 2.19. The van der Waals surface area contributed by atoms with Crippen LogP contribution >= 0.6 is 0 Å². The van der Waals surface area contributed by atoms with Gasteiger partial charge in [0.05, 0.1) is 18.6 Å². The van der Waals surface area contributed by atoms with Crippen molar-refractivity contribution >= 4 is 11.9 Å². The minimum atomic E-state index is -0.941. The van der Waals surface area contributed by atoms with Crippen LogP contribution in [0.15, 0.2) is 42.5 Å². The monoisotopic (exact) mass is 341 g/mol. The third kappa shape index (κ3) is 5.95. The van der Waals surface area contributed by atoms with Gasteiger partial charge in [-0.25, -0.2) is 4.79 Å². The molecule has 2 aromatic carbocycles. The zero-order valence-electron chi connectivity index (χ0n) is 14.5. The van der Waals surface area contributed by atoms with Gasteiger partial charge in [-0.15, -0.1) is 0 Å². The molecule has 2 N–H and O–H groups in total. The molecule has 0 atom stereocenters. The van der Waals surface area contributed by atoms with Gasteiger partial charge in [0.25, 0.3) is 0 Å². The fourth-order valence-electron chi connectivity index (χ4n) is 2.37. The van der Waals surface area contributed by atoms with Gasteiger partial charge in [0.1, 0.15) is 5.75 Å². The molecule has 0 saturated carbocycles. The van der Waals surface area contributed by atoms with E-state index in [-0.39, 0.29) is 11.5 Å². The van der Waals surface area contributed by atoms with Gasteiger partial charge in [-0.1, -0.05) is 24.3 Å². The van der Waals surface area contributed by atoms with Crippen LogP contribution in [-0.4, -0.2) is 30.1 Å². The first-order valence-corrected chi connectivity index (χ1v) is 8.24. The molecular weight excluding hydrogens is 318 g/mol. The van der Waals surface area contributed by atoms with Crippen LogP contribution in [0.2, 0.25) is 0 Å². The second kappa shape index (κ2) is 8.87. The molecule has 0 heterocycles. The molecule has 0 saturated heterocycles. The Hall–Kier alpha value is -2.82. The van der Waals surface area contributed by atoms with E-state index in [0.29, 0.717) is 26.0 Å². The van der Waals surface area contributed by atoms with Crippen LogP contribution in [0, 0.1) is 13.8 Å². The fraction of sp³-hybridized carbons (Fsp3) is 0.300. The summed E-state index contributed by atoms with van der Waals surface area (Å²) in [6.07, 6.45) is 0.953. The van der Waals surface area contributed by atoms with Crippen molar-refractivity contribution < 1.29 is 19.4 Å². The number of carboxylic acids is 1. The molecule has 0 aliphatic heterocycles. The molecule has 25 heavy (non-hydrogen) atoms. The molecule has 0 unspecified atom stereocenters. The topological polar surface area (TPSA) is 75.6 Å². The van der Waals surface area contributed by atoms with E-state index in [1.807, 2.05) is 32.0 Å². The minimum Gasteiger partial charge on any atom is -0.493 e. The summed E-state index contributed by atoms with van der Waals surface area (Å²) in [5, 5.41) is 11.7. The molecule has 0 radical (unpaired) electrons. The average Bonchev–Trinajstić information content (AvgIpc) is 2.58. The van der Waals surface area contributed by atoms with Crippen LogP contribution in [0.3, 0.4) is 0 Å². The number of rotatable bonds is 8. The first-order valence-electron chi connectivity index (χ1n) is 8.24.